The maximum atomic E-state index is 14.4. The van der Waals surface area contributed by atoms with Crippen molar-refractivity contribution in [3.05, 3.63) is 89.3 Å². The zero-order chi connectivity index (χ0) is 40.2. The Morgan fingerprint density at radius 3 is 2.48 bits per heavy atom. The number of hydrogen-bond donors (Lipinski definition) is 2. The number of benzene rings is 2. The highest BCUT2D eigenvalue weighted by atomic mass is 32.1. The number of piperazine rings is 1. The number of rotatable bonds is 10. The number of nitrogens with one attached hydrogen (secondary N) is 1. The molecule has 4 amide bonds. The number of nitrogens with zero attached hydrogens (tertiary/aromatic N) is 9. The molecule has 298 valence electrons. The monoisotopic (exact) mass is 805 g/mol. The molecule has 3 N–H and O–H groups in total. The molecule has 0 spiro atoms. The largest absolute Gasteiger partial charge is 0.482 e. The Morgan fingerprint density at radius 1 is 0.966 bits per heavy atom. The van der Waals surface area contributed by atoms with Crippen LogP contribution >= 0.6 is 11.3 Å². The van der Waals surface area contributed by atoms with Crippen LogP contribution in [0.15, 0.2) is 61.1 Å². The van der Waals surface area contributed by atoms with Gasteiger partial charge in [0.05, 0.1) is 39.8 Å². The summed E-state index contributed by atoms with van der Waals surface area (Å²) >= 11 is 1.60. The zero-order valence-electron chi connectivity index (χ0n) is 31.8. The first-order valence-corrected chi connectivity index (χ1v) is 20.0. The van der Waals surface area contributed by atoms with E-state index in [1.54, 1.807) is 48.1 Å². The van der Waals surface area contributed by atoms with Crippen molar-refractivity contribution in [2.24, 2.45) is 5.92 Å². The topological polar surface area (TPSA) is 185 Å². The van der Waals surface area contributed by atoms with E-state index in [1.165, 1.54) is 16.9 Å². The Labute approximate surface area is 336 Å². The number of nitrogen functional groups attached to an aromatic ring is 1. The second-order valence-corrected chi connectivity index (χ2v) is 16.0. The molecule has 5 aromatic rings. The lowest BCUT2D eigenvalue weighted by Gasteiger charge is -2.44. The van der Waals surface area contributed by atoms with E-state index in [0.29, 0.717) is 28.5 Å². The molecule has 2 atom stereocenters. The van der Waals surface area contributed by atoms with Gasteiger partial charge in [-0.25, -0.2) is 14.4 Å². The Kier molecular flexibility index (Phi) is 9.59. The molecule has 0 radical (unpaired) electrons. The first kappa shape index (κ1) is 37.3. The molecule has 3 aromatic heterocycles. The zero-order valence-corrected chi connectivity index (χ0v) is 32.6. The van der Waals surface area contributed by atoms with Crippen molar-refractivity contribution in [3.8, 4) is 21.9 Å². The minimum atomic E-state index is -0.982. The van der Waals surface area contributed by atoms with Crippen LogP contribution in [0.5, 0.6) is 5.75 Å². The van der Waals surface area contributed by atoms with Crippen LogP contribution in [-0.2, 0) is 9.59 Å². The fourth-order valence-corrected chi connectivity index (χ4v) is 9.22. The van der Waals surface area contributed by atoms with Crippen LogP contribution in [0.1, 0.15) is 57.8 Å². The van der Waals surface area contributed by atoms with Gasteiger partial charge in [0, 0.05) is 81.2 Å². The van der Waals surface area contributed by atoms with Gasteiger partial charge in [-0.15, -0.1) is 0 Å². The van der Waals surface area contributed by atoms with Crippen molar-refractivity contribution < 1.29 is 28.3 Å². The van der Waals surface area contributed by atoms with Gasteiger partial charge < -0.3 is 20.3 Å². The normalized spacial score (nSPS) is 19.4. The number of carbonyl (C=O) groups is 4. The second kappa shape index (κ2) is 14.9. The van der Waals surface area contributed by atoms with Gasteiger partial charge in [-0.1, -0.05) is 11.3 Å². The van der Waals surface area contributed by atoms with Gasteiger partial charge in [-0.3, -0.25) is 34.3 Å². The lowest BCUT2D eigenvalue weighted by molar-refractivity contribution is -0.136. The summed E-state index contributed by atoms with van der Waals surface area (Å²) in [5, 5.41) is 11.6. The highest BCUT2D eigenvalue weighted by Crippen LogP contribution is 2.39. The summed E-state index contributed by atoms with van der Waals surface area (Å²) in [6, 6.07) is 10.5. The smallest absolute Gasteiger partial charge is 0.262 e. The Balaban J connectivity index is 0.792. The van der Waals surface area contributed by atoms with Gasteiger partial charge in [0.15, 0.2) is 16.7 Å². The quantitative estimate of drug-likeness (QED) is 0.195. The van der Waals surface area contributed by atoms with Gasteiger partial charge in [-0.05, 0) is 62.7 Å². The predicted molar refractivity (Wildman–Crippen MR) is 212 cm³/mol. The number of fused-ring (bicyclic) bond motifs is 1. The number of aryl methyl sites for hydroxylation is 1. The maximum Gasteiger partial charge on any atom is 0.262 e. The second-order valence-electron chi connectivity index (χ2n) is 15.0. The van der Waals surface area contributed by atoms with Crippen molar-refractivity contribution in [2.45, 2.75) is 38.8 Å². The van der Waals surface area contributed by atoms with Crippen LogP contribution in [0, 0.1) is 18.7 Å². The van der Waals surface area contributed by atoms with E-state index < -0.39 is 41.6 Å². The van der Waals surface area contributed by atoms with E-state index in [4.69, 9.17) is 15.5 Å². The van der Waals surface area contributed by atoms with Crippen molar-refractivity contribution in [3.63, 3.8) is 0 Å². The van der Waals surface area contributed by atoms with Gasteiger partial charge >= 0.3 is 0 Å². The van der Waals surface area contributed by atoms with Crippen LogP contribution in [0.3, 0.4) is 0 Å². The molecule has 4 aliphatic heterocycles. The van der Waals surface area contributed by atoms with E-state index in [1.807, 2.05) is 26.0 Å². The fourth-order valence-electron chi connectivity index (χ4n) is 8.12. The molecular weight excluding hydrogens is 766 g/mol. The third-order valence-electron chi connectivity index (χ3n) is 11.2. The highest BCUT2D eigenvalue weighted by Gasteiger charge is 2.45. The SMILES string of the molecule is Cc1nc(N2CCN(CC3CN(c4ccc5c(c4)C(=O)N(C4CCC(=O)NC4=O)C5=O)C3)CC2)sc1-c1cnc(N)c(O[C@@H](C)c2cc(F)ccc2-n2nccn2)c1. The molecule has 2 aromatic carbocycles. The molecule has 0 bridgehead atoms. The van der Waals surface area contributed by atoms with E-state index in [2.05, 4.69) is 35.2 Å². The lowest BCUT2D eigenvalue weighted by Crippen LogP contribution is -2.55. The molecule has 16 nitrogen and oxygen atoms in total. The van der Waals surface area contributed by atoms with Gasteiger partial charge in [0.1, 0.15) is 18.0 Å². The van der Waals surface area contributed by atoms with Gasteiger partial charge in [-0.2, -0.15) is 15.0 Å². The number of pyridine rings is 1. The number of carbonyl (C=O) groups excluding carboxylic acids is 4. The Bertz CT molecular complexity index is 2440. The summed E-state index contributed by atoms with van der Waals surface area (Å²) in [5.41, 5.74) is 10.6. The minimum Gasteiger partial charge on any atom is -0.482 e. The molecule has 4 aliphatic rings. The number of anilines is 3. The number of imide groups is 2. The third-order valence-corrected chi connectivity index (χ3v) is 12.5. The van der Waals surface area contributed by atoms with E-state index in [9.17, 15) is 23.6 Å². The summed E-state index contributed by atoms with van der Waals surface area (Å²) in [5.74, 6) is -1.36. The predicted octanol–water partition coefficient (Wildman–Crippen LogP) is 3.62. The molecule has 0 saturated carbocycles. The summed E-state index contributed by atoms with van der Waals surface area (Å²) in [7, 11) is 0. The number of ether oxygens (including phenoxy) is 1. The Hall–Kier alpha value is -6.27. The number of hydrogen-bond acceptors (Lipinski definition) is 14. The average molecular weight is 806 g/mol. The standard InChI is InChI=1S/C40H40FN11O5S/c1-22-35(25-15-33(36(42)43-18-25)57-23(2)29-16-26(41)3-6-31(29)52-44-9-10-45-52)58-40(46-22)49-13-11-48(12-14-49)19-24-20-50(21-24)27-4-5-28-30(17-27)39(56)51(38(28)55)32-7-8-34(53)47-37(32)54/h3-6,9-10,15-18,23-24,32H,7-8,11-14,19-21H2,1-2H3,(H2,42,43)(H,47,53,54)/t23-,32?/m0/s1. The van der Waals surface area contributed by atoms with Crippen LogP contribution in [0.2, 0.25) is 0 Å². The molecule has 58 heavy (non-hydrogen) atoms. The maximum absolute atomic E-state index is 14.4. The van der Waals surface area contributed by atoms with Crippen LogP contribution in [0.25, 0.3) is 16.1 Å². The summed E-state index contributed by atoms with van der Waals surface area (Å²) in [4.78, 5) is 70.2. The van der Waals surface area contributed by atoms with E-state index in [0.717, 1.165) is 77.7 Å². The number of aromatic nitrogens is 5. The molecular formula is C40H40FN11O5S. The van der Waals surface area contributed by atoms with E-state index >= 15 is 0 Å². The van der Waals surface area contributed by atoms with Crippen molar-refractivity contribution in [1.29, 1.82) is 0 Å². The van der Waals surface area contributed by atoms with Crippen molar-refractivity contribution in [1.82, 2.24) is 40.1 Å². The van der Waals surface area contributed by atoms with Crippen LogP contribution in [0.4, 0.5) is 21.0 Å². The summed E-state index contributed by atoms with van der Waals surface area (Å²) in [6.45, 7) is 9.86. The number of piperidine rings is 1. The molecule has 3 fully saturated rings. The fraction of sp³-hybridized carbons (Fsp3) is 0.350. The number of nitrogens with two attached hydrogens (primary N) is 1. The molecule has 7 heterocycles. The van der Waals surface area contributed by atoms with Crippen LogP contribution < -0.4 is 25.6 Å². The number of halogens is 1. The molecule has 9 rings (SSSR count). The lowest BCUT2D eigenvalue weighted by atomic mass is 9.97. The van der Waals surface area contributed by atoms with Crippen molar-refractivity contribution >= 4 is 51.6 Å². The minimum absolute atomic E-state index is 0.0840. The molecule has 1 unspecified atom stereocenters. The van der Waals surface area contributed by atoms with Crippen molar-refractivity contribution in [2.75, 3.05) is 61.3 Å². The molecule has 3 saturated heterocycles. The Morgan fingerprint density at radius 2 is 1.72 bits per heavy atom. The first-order valence-electron chi connectivity index (χ1n) is 19.1. The first-order chi connectivity index (χ1) is 28.0. The highest BCUT2D eigenvalue weighted by molar-refractivity contribution is 7.19. The number of thiazole rings is 1. The average Bonchev–Trinajstić information content (AvgIpc) is 3.93. The third kappa shape index (κ3) is 6.91. The van der Waals surface area contributed by atoms with Gasteiger partial charge in [0.2, 0.25) is 11.8 Å². The van der Waals surface area contributed by atoms with Crippen LogP contribution in [-0.4, -0.2) is 110 Å². The number of amides is 4. The van der Waals surface area contributed by atoms with E-state index in [-0.39, 0.29) is 24.2 Å². The van der Waals surface area contributed by atoms with Gasteiger partial charge in [0.25, 0.3) is 11.8 Å². The molecule has 0 aliphatic carbocycles. The molecule has 18 heteroatoms. The summed E-state index contributed by atoms with van der Waals surface area (Å²) in [6.07, 6.45) is 4.44. The summed E-state index contributed by atoms with van der Waals surface area (Å²) < 4.78 is 20.6.